The molecule has 1 aromatic rings. The molecule has 0 heterocycles. The Bertz CT molecular complexity index is 506. The van der Waals surface area contributed by atoms with Crippen molar-refractivity contribution in [3.8, 4) is 0 Å². The molecule has 22 heavy (non-hydrogen) atoms. The Morgan fingerprint density at radius 2 is 1.82 bits per heavy atom. The van der Waals surface area contributed by atoms with Gasteiger partial charge in [-0.1, -0.05) is 19.1 Å². The molecule has 7 heteroatoms. The van der Waals surface area contributed by atoms with Crippen LogP contribution in [0.3, 0.4) is 0 Å². The van der Waals surface area contributed by atoms with E-state index >= 15 is 0 Å². The normalized spacial score (nSPS) is 11.9. The number of benzene rings is 1. The molecule has 1 atom stereocenters. The number of alkyl halides is 2. The molecule has 0 saturated heterocycles. The van der Waals surface area contributed by atoms with Gasteiger partial charge in [-0.05, 0) is 24.6 Å². The standard InChI is InChI=1S/C15H21F2N3O2/c1-4-14(21)19-12-7-5-11(6-8-12)10(2)18-15(22)20(3)9-13(16)17/h5-8,10,13H,4,9H2,1-3H3,(H,18,22)(H,19,21). The first kappa shape index (κ1) is 17.9. The minimum Gasteiger partial charge on any atom is -0.331 e. The Balaban J connectivity index is 2.60. The van der Waals surface area contributed by atoms with Crippen LogP contribution in [0.4, 0.5) is 19.3 Å². The summed E-state index contributed by atoms with van der Waals surface area (Å²) in [5, 5.41) is 5.36. The van der Waals surface area contributed by atoms with Gasteiger partial charge in [0.2, 0.25) is 5.91 Å². The van der Waals surface area contributed by atoms with Gasteiger partial charge >= 0.3 is 6.03 Å². The van der Waals surface area contributed by atoms with Crippen molar-refractivity contribution in [2.45, 2.75) is 32.7 Å². The molecular weight excluding hydrogens is 292 g/mol. The molecule has 2 N–H and O–H groups in total. The van der Waals surface area contributed by atoms with Crippen LogP contribution in [0, 0.1) is 0 Å². The molecular formula is C15H21F2N3O2. The fourth-order valence-electron chi connectivity index (χ4n) is 1.77. The quantitative estimate of drug-likeness (QED) is 0.848. The van der Waals surface area contributed by atoms with Crippen molar-refractivity contribution in [2.75, 3.05) is 18.9 Å². The summed E-state index contributed by atoms with van der Waals surface area (Å²) in [6, 6.07) is 6.11. The molecule has 0 spiro atoms. The Labute approximate surface area is 128 Å². The number of carbonyl (C=O) groups is 2. The van der Waals surface area contributed by atoms with Gasteiger partial charge in [-0.2, -0.15) is 0 Å². The molecule has 122 valence electrons. The van der Waals surface area contributed by atoms with Crippen LogP contribution in [0.2, 0.25) is 0 Å². The van der Waals surface area contributed by atoms with Crippen LogP contribution in [0.1, 0.15) is 31.9 Å². The monoisotopic (exact) mass is 313 g/mol. The van der Waals surface area contributed by atoms with Crippen LogP contribution in [0.5, 0.6) is 0 Å². The number of hydrogen-bond acceptors (Lipinski definition) is 2. The topological polar surface area (TPSA) is 61.4 Å². The molecule has 0 saturated carbocycles. The number of carbonyl (C=O) groups excluding carboxylic acids is 2. The van der Waals surface area contributed by atoms with Gasteiger partial charge in [0.25, 0.3) is 6.43 Å². The lowest BCUT2D eigenvalue weighted by Crippen LogP contribution is -2.40. The minimum absolute atomic E-state index is 0.0808. The Morgan fingerprint density at radius 3 is 2.32 bits per heavy atom. The summed E-state index contributed by atoms with van der Waals surface area (Å²) in [4.78, 5) is 24.0. The van der Waals surface area contributed by atoms with Crippen LogP contribution in [0.25, 0.3) is 0 Å². The first-order chi connectivity index (χ1) is 10.3. The Kier molecular flexibility index (Phi) is 6.75. The van der Waals surface area contributed by atoms with E-state index < -0.39 is 19.0 Å². The number of rotatable bonds is 6. The van der Waals surface area contributed by atoms with Crippen molar-refractivity contribution < 1.29 is 18.4 Å². The van der Waals surface area contributed by atoms with Crippen molar-refractivity contribution >= 4 is 17.6 Å². The first-order valence-corrected chi connectivity index (χ1v) is 7.03. The van der Waals surface area contributed by atoms with E-state index in [9.17, 15) is 18.4 Å². The number of anilines is 1. The maximum absolute atomic E-state index is 12.2. The third kappa shape index (κ3) is 5.67. The van der Waals surface area contributed by atoms with Gasteiger partial charge in [-0.15, -0.1) is 0 Å². The highest BCUT2D eigenvalue weighted by atomic mass is 19.3. The van der Waals surface area contributed by atoms with Gasteiger partial charge in [0.15, 0.2) is 0 Å². The van der Waals surface area contributed by atoms with Crippen LogP contribution >= 0.6 is 0 Å². The zero-order chi connectivity index (χ0) is 16.7. The minimum atomic E-state index is -2.56. The van der Waals surface area contributed by atoms with E-state index in [1.165, 1.54) is 7.05 Å². The molecule has 3 amide bonds. The predicted octanol–water partition coefficient (Wildman–Crippen LogP) is 3.00. The van der Waals surface area contributed by atoms with Gasteiger partial charge < -0.3 is 15.5 Å². The lowest BCUT2D eigenvalue weighted by molar-refractivity contribution is -0.115. The third-order valence-electron chi connectivity index (χ3n) is 3.11. The molecule has 0 radical (unpaired) electrons. The van der Waals surface area contributed by atoms with E-state index in [0.29, 0.717) is 12.1 Å². The highest BCUT2D eigenvalue weighted by Gasteiger charge is 2.16. The molecule has 0 fully saturated rings. The van der Waals surface area contributed by atoms with Crippen molar-refractivity contribution in [1.82, 2.24) is 10.2 Å². The van der Waals surface area contributed by atoms with Gasteiger partial charge in [0.1, 0.15) is 0 Å². The number of amides is 3. The highest BCUT2D eigenvalue weighted by Crippen LogP contribution is 2.16. The molecule has 0 bridgehead atoms. The Hall–Kier alpha value is -2.18. The van der Waals surface area contributed by atoms with Crippen molar-refractivity contribution in [2.24, 2.45) is 0 Å². The largest absolute Gasteiger partial charge is 0.331 e. The number of hydrogen-bond donors (Lipinski definition) is 2. The lowest BCUT2D eigenvalue weighted by Gasteiger charge is -2.21. The zero-order valence-corrected chi connectivity index (χ0v) is 12.9. The molecule has 1 unspecified atom stereocenters. The number of urea groups is 1. The summed E-state index contributed by atoms with van der Waals surface area (Å²) in [6.07, 6.45) is -2.17. The van der Waals surface area contributed by atoms with E-state index in [1.54, 1.807) is 38.1 Å². The fourth-order valence-corrected chi connectivity index (χ4v) is 1.77. The molecule has 0 aliphatic carbocycles. The summed E-state index contributed by atoms with van der Waals surface area (Å²) in [5.74, 6) is -0.0808. The fraction of sp³-hybridized carbons (Fsp3) is 0.467. The molecule has 0 aliphatic heterocycles. The molecule has 1 rings (SSSR count). The van der Waals surface area contributed by atoms with Crippen molar-refractivity contribution in [3.63, 3.8) is 0 Å². The van der Waals surface area contributed by atoms with E-state index in [4.69, 9.17) is 0 Å². The summed E-state index contributed by atoms with van der Waals surface area (Å²) >= 11 is 0. The van der Waals surface area contributed by atoms with E-state index in [2.05, 4.69) is 10.6 Å². The summed E-state index contributed by atoms with van der Waals surface area (Å²) in [5.41, 5.74) is 1.48. The summed E-state index contributed by atoms with van der Waals surface area (Å²) < 4.78 is 24.5. The van der Waals surface area contributed by atoms with E-state index in [-0.39, 0.29) is 11.9 Å². The zero-order valence-electron chi connectivity index (χ0n) is 12.9. The predicted molar refractivity (Wildman–Crippen MR) is 80.9 cm³/mol. The highest BCUT2D eigenvalue weighted by molar-refractivity contribution is 5.90. The SMILES string of the molecule is CCC(=O)Nc1ccc(C(C)NC(=O)N(C)CC(F)F)cc1. The van der Waals surface area contributed by atoms with E-state index in [0.717, 1.165) is 10.5 Å². The lowest BCUT2D eigenvalue weighted by atomic mass is 10.1. The maximum atomic E-state index is 12.2. The van der Waals surface area contributed by atoms with Crippen molar-refractivity contribution in [3.05, 3.63) is 29.8 Å². The second-order valence-electron chi connectivity index (χ2n) is 4.97. The summed E-state index contributed by atoms with van der Waals surface area (Å²) in [6.45, 7) is 2.91. The number of nitrogens with zero attached hydrogens (tertiary/aromatic N) is 1. The first-order valence-electron chi connectivity index (χ1n) is 7.03. The van der Waals surface area contributed by atoms with Crippen molar-refractivity contribution in [1.29, 1.82) is 0 Å². The third-order valence-corrected chi connectivity index (χ3v) is 3.11. The summed E-state index contributed by atoms with van der Waals surface area (Å²) in [7, 11) is 1.32. The van der Waals surface area contributed by atoms with Crippen LogP contribution in [-0.2, 0) is 4.79 Å². The van der Waals surface area contributed by atoms with E-state index in [1.807, 2.05) is 0 Å². The molecule has 5 nitrogen and oxygen atoms in total. The van der Waals surface area contributed by atoms with Gasteiger partial charge in [0, 0.05) is 19.2 Å². The number of halogens is 2. The van der Waals surface area contributed by atoms with Gasteiger partial charge in [-0.3, -0.25) is 4.79 Å². The second-order valence-corrected chi connectivity index (χ2v) is 4.97. The molecule has 1 aromatic carbocycles. The Morgan fingerprint density at radius 1 is 1.23 bits per heavy atom. The second kappa shape index (κ2) is 8.31. The molecule has 0 aliphatic rings. The molecule has 0 aromatic heterocycles. The number of nitrogens with one attached hydrogen (secondary N) is 2. The van der Waals surface area contributed by atoms with Crippen LogP contribution in [-0.4, -0.2) is 36.9 Å². The van der Waals surface area contributed by atoms with Gasteiger partial charge in [0.05, 0.1) is 12.6 Å². The van der Waals surface area contributed by atoms with Crippen LogP contribution in [0.15, 0.2) is 24.3 Å². The average Bonchev–Trinajstić information content (AvgIpc) is 2.46. The average molecular weight is 313 g/mol. The smallest absolute Gasteiger partial charge is 0.317 e. The van der Waals surface area contributed by atoms with Gasteiger partial charge in [-0.25, -0.2) is 13.6 Å². The maximum Gasteiger partial charge on any atom is 0.317 e. The van der Waals surface area contributed by atoms with Crippen LogP contribution < -0.4 is 10.6 Å².